The maximum atomic E-state index is 10.2. The number of carboxylic acid groups (broad SMARTS) is 2. The predicted octanol–water partition coefficient (Wildman–Crippen LogP) is -8.53. The van der Waals surface area contributed by atoms with Crippen molar-refractivity contribution in [2.45, 2.75) is 11.7 Å². The van der Waals surface area contributed by atoms with Crippen molar-refractivity contribution < 1.29 is 109 Å². The van der Waals surface area contributed by atoms with Crippen molar-refractivity contribution in [1.29, 1.82) is 0 Å². The third-order valence-electron chi connectivity index (χ3n) is 0.995. The molecular weight excluding hydrogens is 334 g/mol. The Morgan fingerprint density at radius 1 is 1.00 bits per heavy atom. The van der Waals surface area contributed by atoms with Gasteiger partial charge in [0, 0.05) is 10.4 Å². The van der Waals surface area contributed by atoms with E-state index in [4.69, 9.17) is 32.3 Å². The number of carboxylic acids is 2. The molecule has 0 saturated carbocycles. The van der Waals surface area contributed by atoms with Crippen LogP contribution in [0.3, 0.4) is 0 Å². The van der Waals surface area contributed by atoms with Gasteiger partial charge in [0.2, 0.25) is 0 Å². The number of hydrogen-bond donors (Lipinski definition) is 3. The summed E-state index contributed by atoms with van der Waals surface area (Å²) >= 11 is 0. The second-order valence-electron chi connectivity index (χ2n) is 2.35. The number of aliphatic carboxylic acids is 2. The number of rotatable bonds is 4. The molecule has 0 aliphatic carbocycles. The third-order valence-corrected chi connectivity index (χ3v) is 2.08. The molecule has 0 fully saturated rings. The Balaban J connectivity index is -0.000000139. The van der Waals surface area contributed by atoms with Crippen LogP contribution in [0.5, 0.6) is 0 Å². The standard InChI is InChI=1S/C4H6O7S.2Na.H2O4S/c5-3(6)1-2(4(7)8)12(9,10)11;;;1-5(2,3)4/h2H,1H2,(H,5,6)(H,7,8)(H,9,10,11);;;(H2,1,2,3,4)/q;2*+1;/p-2. The van der Waals surface area contributed by atoms with Crippen LogP contribution in [0.15, 0.2) is 0 Å². The second-order valence-corrected chi connectivity index (χ2v) is 4.76. The van der Waals surface area contributed by atoms with Crippen LogP contribution in [0.2, 0.25) is 0 Å². The average Bonchev–Trinajstić information content (AvgIpc) is 1.93. The van der Waals surface area contributed by atoms with Gasteiger partial charge in [-0.05, 0) is 0 Å². The molecule has 0 radical (unpaired) electrons. The Kier molecular flexibility index (Phi) is 16.8. The molecule has 19 heavy (non-hydrogen) atoms. The molecule has 0 saturated heterocycles. The SMILES string of the molecule is O=C(O)CC(C(=O)O)S(=O)(=O)O.O=S(=O)([O-])[O-].[Na+].[Na+]. The van der Waals surface area contributed by atoms with Crippen LogP contribution in [-0.2, 0) is 30.1 Å². The molecule has 0 aromatic heterocycles. The van der Waals surface area contributed by atoms with Gasteiger partial charge in [0.15, 0.2) is 5.25 Å². The minimum absolute atomic E-state index is 0. The predicted molar refractivity (Wildman–Crippen MR) is 45.7 cm³/mol. The van der Waals surface area contributed by atoms with E-state index in [9.17, 15) is 18.0 Å². The summed E-state index contributed by atoms with van der Waals surface area (Å²) in [6.07, 6.45) is -1.16. The number of hydrogen-bond acceptors (Lipinski definition) is 8. The molecule has 1 atom stereocenters. The Labute approximate surface area is 152 Å². The van der Waals surface area contributed by atoms with Crippen molar-refractivity contribution in [2.75, 3.05) is 0 Å². The van der Waals surface area contributed by atoms with Crippen molar-refractivity contribution in [3.05, 3.63) is 0 Å². The van der Waals surface area contributed by atoms with Crippen LogP contribution >= 0.6 is 0 Å². The quantitative estimate of drug-likeness (QED) is 0.248. The summed E-state index contributed by atoms with van der Waals surface area (Å²) in [6, 6.07) is 0. The van der Waals surface area contributed by atoms with Crippen molar-refractivity contribution in [2.24, 2.45) is 0 Å². The Morgan fingerprint density at radius 2 is 1.26 bits per heavy atom. The fourth-order valence-corrected chi connectivity index (χ4v) is 1.09. The van der Waals surface area contributed by atoms with E-state index in [1.807, 2.05) is 0 Å². The smallest absolute Gasteiger partial charge is 0.759 e. The van der Waals surface area contributed by atoms with Crippen molar-refractivity contribution in [3.63, 3.8) is 0 Å². The molecule has 11 nitrogen and oxygen atoms in total. The van der Waals surface area contributed by atoms with Crippen LogP contribution in [0.4, 0.5) is 0 Å². The Morgan fingerprint density at radius 3 is 1.32 bits per heavy atom. The van der Waals surface area contributed by atoms with E-state index in [2.05, 4.69) is 0 Å². The van der Waals surface area contributed by atoms with Crippen molar-refractivity contribution >= 4 is 32.5 Å². The molecule has 0 aliphatic rings. The maximum absolute atomic E-state index is 10.2. The van der Waals surface area contributed by atoms with Gasteiger partial charge < -0.3 is 19.3 Å². The molecule has 102 valence electrons. The Bertz CT molecular complexity index is 471. The molecule has 0 aromatic rings. The van der Waals surface area contributed by atoms with Crippen LogP contribution in [0.1, 0.15) is 6.42 Å². The van der Waals surface area contributed by atoms with Gasteiger partial charge in [0.1, 0.15) is 0 Å². The van der Waals surface area contributed by atoms with E-state index >= 15 is 0 Å². The first-order chi connectivity index (χ1) is 7.25. The summed E-state index contributed by atoms with van der Waals surface area (Å²) in [5.41, 5.74) is 0. The molecule has 0 aromatic carbocycles. The first-order valence-corrected chi connectivity index (χ1v) is 6.16. The zero-order chi connectivity index (χ0) is 14.4. The van der Waals surface area contributed by atoms with Gasteiger partial charge in [-0.2, -0.15) is 8.42 Å². The molecule has 1 unspecified atom stereocenters. The summed E-state index contributed by atoms with van der Waals surface area (Å²) in [5.74, 6) is -3.50. The van der Waals surface area contributed by atoms with Gasteiger partial charge in [0.05, 0.1) is 6.42 Å². The van der Waals surface area contributed by atoms with Crippen LogP contribution in [-0.4, -0.2) is 57.9 Å². The molecule has 0 bridgehead atoms. The molecule has 0 rings (SSSR count). The molecule has 0 amide bonds. The normalized spacial score (nSPS) is 11.7. The Hall–Kier alpha value is 0.720. The van der Waals surface area contributed by atoms with E-state index in [1.54, 1.807) is 0 Å². The molecule has 0 heterocycles. The minimum atomic E-state index is -5.17. The minimum Gasteiger partial charge on any atom is -0.759 e. The fraction of sp³-hybridized carbons (Fsp3) is 0.500. The van der Waals surface area contributed by atoms with E-state index in [0.29, 0.717) is 0 Å². The van der Waals surface area contributed by atoms with E-state index < -0.39 is 44.1 Å². The van der Waals surface area contributed by atoms with Crippen LogP contribution in [0, 0.1) is 0 Å². The van der Waals surface area contributed by atoms with E-state index in [-0.39, 0.29) is 59.1 Å². The summed E-state index contributed by atoms with van der Waals surface area (Å²) in [5, 5.41) is 13.9. The van der Waals surface area contributed by atoms with Crippen LogP contribution < -0.4 is 59.1 Å². The first-order valence-electron chi connectivity index (χ1n) is 3.32. The first kappa shape index (κ1) is 28.0. The van der Waals surface area contributed by atoms with E-state index in [1.165, 1.54) is 0 Å². The summed E-state index contributed by atoms with van der Waals surface area (Å²) in [7, 11) is -10.0. The largest absolute Gasteiger partial charge is 1.00 e. The zero-order valence-corrected chi connectivity index (χ0v) is 15.3. The maximum Gasteiger partial charge on any atom is 1.00 e. The summed E-state index contributed by atoms with van der Waals surface area (Å²) < 4.78 is 62.7. The summed E-state index contributed by atoms with van der Waals surface area (Å²) in [6.45, 7) is 0. The topological polar surface area (TPSA) is 209 Å². The second kappa shape index (κ2) is 11.4. The molecule has 15 heteroatoms. The fourth-order valence-electron chi connectivity index (χ4n) is 0.479. The third kappa shape index (κ3) is 24.2. The van der Waals surface area contributed by atoms with Gasteiger partial charge in [-0.15, -0.1) is 0 Å². The van der Waals surface area contributed by atoms with Gasteiger partial charge in [0.25, 0.3) is 10.1 Å². The van der Waals surface area contributed by atoms with Crippen molar-refractivity contribution in [3.8, 4) is 0 Å². The van der Waals surface area contributed by atoms with E-state index in [0.717, 1.165) is 0 Å². The van der Waals surface area contributed by atoms with Gasteiger partial charge in [-0.25, -0.2) is 0 Å². The summed E-state index contributed by atoms with van der Waals surface area (Å²) in [4.78, 5) is 20.0. The van der Waals surface area contributed by atoms with Gasteiger partial charge in [-0.3, -0.25) is 22.6 Å². The molecular formula is C4H6Na2O11S2. The van der Waals surface area contributed by atoms with Crippen LogP contribution in [0.25, 0.3) is 0 Å². The molecule has 3 N–H and O–H groups in total. The van der Waals surface area contributed by atoms with Gasteiger partial charge in [-0.1, -0.05) is 0 Å². The van der Waals surface area contributed by atoms with Gasteiger partial charge >= 0.3 is 71.1 Å². The zero-order valence-electron chi connectivity index (χ0n) is 9.71. The average molecular weight is 340 g/mol. The van der Waals surface area contributed by atoms with Crippen molar-refractivity contribution in [1.82, 2.24) is 0 Å². The molecule has 0 aliphatic heterocycles. The number of carbonyl (C=O) groups is 2. The monoisotopic (exact) mass is 340 g/mol. The molecule has 0 spiro atoms.